The number of carbonyl (C=O) groups excluding carboxylic acids is 3. The van der Waals surface area contributed by atoms with Gasteiger partial charge in [-0.05, 0) is 43.3 Å². The minimum absolute atomic E-state index is 0.0847. The third kappa shape index (κ3) is 6.19. The van der Waals surface area contributed by atoms with Gasteiger partial charge in [0.2, 0.25) is 0 Å². The van der Waals surface area contributed by atoms with E-state index in [1.807, 2.05) is 5.32 Å². The monoisotopic (exact) mass is 439 g/mol. The second kappa shape index (κ2) is 9.39. The number of amides is 3. The summed E-state index contributed by atoms with van der Waals surface area (Å²) in [6, 6.07) is 10.5. The molecule has 0 aliphatic carbocycles. The van der Waals surface area contributed by atoms with Crippen LogP contribution in [0, 0.1) is 0 Å². The second-order valence-electron chi connectivity index (χ2n) is 5.76. The number of esters is 1. The summed E-state index contributed by atoms with van der Waals surface area (Å²) in [7, 11) is -2.68. The average Bonchev–Trinajstić information content (AvgIpc) is 2.67. The Hall–Kier alpha value is -3.11. The van der Waals surface area contributed by atoms with E-state index in [9.17, 15) is 22.8 Å². The summed E-state index contributed by atoms with van der Waals surface area (Å²) in [6.45, 7) is 1.28. The van der Waals surface area contributed by atoms with E-state index in [0.29, 0.717) is 5.02 Å². The number of ether oxygens (including phenoxy) is 1. The lowest BCUT2D eigenvalue weighted by Gasteiger charge is -2.13. The topological polar surface area (TPSA) is 131 Å². The fourth-order valence-electron chi connectivity index (χ4n) is 2.11. The summed E-state index contributed by atoms with van der Waals surface area (Å²) in [5.74, 6) is -1.76. The number of urea groups is 1. The van der Waals surface area contributed by atoms with Gasteiger partial charge in [-0.25, -0.2) is 18.0 Å². The van der Waals surface area contributed by atoms with Crippen LogP contribution in [0.2, 0.25) is 5.02 Å². The van der Waals surface area contributed by atoms with Crippen LogP contribution < -0.4 is 15.4 Å². The van der Waals surface area contributed by atoms with Crippen LogP contribution in [0.25, 0.3) is 0 Å². The summed E-state index contributed by atoms with van der Waals surface area (Å²) in [4.78, 5) is 35.0. The molecule has 154 valence electrons. The van der Waals surface area contributed by atoms with Gasteiger partial charge in [-0.3, -0.25) is 14.8 Å². The van der Waals surface area contributed by atoms with Gasteiger partial charge in [0.1, 0.15) is 0 Å². The first-order valence-electron chi connectivity index (χ1n) is 8.24. The molecule has 0 radical (unpaired) electrons. The lowest BCUT2D eigenvalue weighted by atomic mass is 10.2. The molecule has 0 fully saturated rings. The summed E-state index contributed by atoms with van der Waals surface area (Å²) < 4.78 is 32.5. The first kappa shape index (κ1) is 22.2. The standard InChI is InChI=1S/C18H18ClN3O6S/c1-11(16(23)21-18(25)20-2)28-17(24)12-5-3-8-15(9-12)29(26,27)22-14-7-4-6-13(19)10-14/h3-11,22H,1-2H3,(H2,20,21,23,25). The number of benzene rings is 2. The van der Waals surface area contributed by atoms with Gasteiger partial charge < -0.3 is 10.1 Å². The normalized spacial score (nSPS) is 11.8. The molecule has 0 saturated carbocycles. The van der Waals surface area contributed by atoms with E-state index in [1.54, 1.807) is 12.1 Å². The summed E-state index contributed by atoms with van der Waals surface area (Å²) in [5.41, 5.74) is 0.170. The van der Waals surface area contributed by atoms with E-state index in [4.69, 9.17) is 16.3 Å². The highest BCUT2D eigenvalue weighted by Gasteiger charge is 2.22. The van der Waals surface area contributed by atoms with Gasteiger partial charge >= 0.3 is 12.0 Å². The highest BCUT2D eigenvalue weighted by atomic mass is 35.5. The largest absolute Gasteiger partial charge is 0.449 e. The molecular formula is C18H18ClN3O6S. The van der Waals surface area contributed by atoms with E-state index in [0.717, 1.165) is 6.07 Å². The third-order valence-corrected chi connectivity index (χ3v) is 5.19. The van der Waals surface area contributed by atoms with Crippen molar-refractivity contribution in [1.82, 2.24) is 10.6 Å². The van der Waals surface area contributed by atoms with Crippen LogP contribution in [0.1, 0.15) is 17.3 Å². The Morgan fingerprint density at radius 1 is 1.07 bits per heavy atom. The molecule has 1 atom stereocenters. The molecule has 3 amide bonds. The van der Waals surface area contributed by atoms with Gasteiger partial charge in [-0.2, -0.15) is 0 Å². The lowest BCUT2D eigenvalue weighted by Crippen LogP contribution is -2.43. The number of hydrogen-bond donors (Lipinski definition) is 3. The molecule has 0 bridgehead atoms. The van der Waals surface area contributed by atoms with Crippen molar-refractivity contribution in [2.75, 3.05) is 11.8 Å². The molecule has 0 saturated heterocycles. The van der Waals surface area contributed by atoms with Crippen molar-refractivity contribution in [3.8, 4) is 0 Å². The number of hydrogen-bond acceptors (Lipinski definition) is 6. The van der Waals surface area contributed by atoms with Crippen LogP contribution >= 0.6 is 11.6 Å². The molecule has 2 rings (SSSR count). The van der Waals surface area contributed by atoms with Gasteiger partial charge in [-0.1, -0.05) is 23.7 Å². The van der Waals surface area contributed by atoms with Crippen molar-refractivity contribution < 1.29 is 27.5 Å². The number of sulfonamides is 1. The number of nitrogens with one attached hydrogen (secondary N) is 3. The molecule has 29 heavy (non-hydrogen) atoms. The number of carbonyl (C=O) groups is 3. The van der Waals surface area contributed by atoms with E-state index in [1.165, 1.54) is 44.3 Å². The van der Waals surface area contributed by atoms with Crippen molar-refractivity contribution >= 4 is 45.2 Å². The van der Waals surface area contributed by atoms with Gasteiger partial charge in [0, 0.05) is 12.1 Å². The molecule has 11 heteroatoms. The van der Waals surface area contributed by atoms with E-state index < -0.39 is 34.0 Å². The van der Waals surface area contributed by atoms with Crippen LogP contribution in [-0.4, -0.2) is 39.5 Å². The van der Waals surface area contributed by atoms with Gasteiger partial charge in [0.05, 0.1) is 16.1 Å². The van der Waals surface area contributed by atoms with Crippen LogP contribution in [-0.2, 0) is 19.6 Å². The summed E-state index contributed by atoms with van der Waals surface area (Å²) in [5, 5.41) is 4.51. The zero-order chi connectivity index (χ0) is 21.6. The Labute approximate surface area is 172 Å². The Kier molecular flexibility index (Phi) is 7.18. The quantitative estimate of drug-likeness (QED) is 0.591. The van der Waals surface area contributed by atoms with Crippen molar-refractivity contribution in [3.05, 3.63) is 59.1 Å². The molecule has 0 aliphatic rings. The SMILES string of the molecule is CNC(=O)NC(=O)C(C)OC(=O)c1cccc(S(=O)(=O)Nc2cccc(Cl)c2)c1. The first-order chi connectivity index (χ1) is 13.6. The van der Waals surface area contributed by atoms with Gasteiger partial charge in [-0.15, -0.1) is 0 Å². The summed E-state index contributed by atoms with van der Waals surface area (Å²) in [6.07, 6.45) is -1.27. The van der Waals surface area contributed by atoms with Crippen molar-refractivity contribution in [2.45, 2.75) is 17.9 Å². The van der Waals surface area contributed by atoms with Crippen LogP contribution in [0.5, 0.6) is 0 Å². The Morgan fingerprint density at radius 3 is 2.41 bits per heavy atom. The Balaban J connectivity index is 2.14. The summed E-state index contributed by atoms with van der Waals surface area (Å²) >= 11 is 5.85. The van der Waals surface area contributed by atoms with E-state index in [2.05, 4.69) is 10.0 Å². The number of imide groups is 1. The fraction of sp³-hybridized carbons (Fsp3) is 0.167. The van der Waals surface area contributed by atoms with Crippen molar-refractivity contribution in [3.63, 3.8) is 0 Å². The highest BCUT2D eigenvalue weighted by Crippen LogP contribution is 2.20. The minimum Gasteiger partial charge on any atom is -0.449 e. The maximum atomic E-state index is 12.6. The fourth-order valence-corrected chi connectivity index (χ4v) is 3.40. The second-order valence-corrected chi connectivity index (χ2v) is 7.88. The lowest BCUT2D eigenvalue weighted by molar-refractivity contribution is -0.127. The maximum Gasteiger partial charge on any atom is 0.338 e. The molecule has 3 N–H and O–H groups in total. The molecule has 0 aliphatic heterocycles. The predicted octanol–water partition coefficient (Wildman–Crippen LogP) is 2.14. The first-order valence-corrected chi connectivity index (χ1v) is 10.1. The maximum absolute atomic E-state index is 12.6. The average molecular weight is 440 g/mol. The van der Waals surface area contributed by atoms with Crippen molar-refractivity contribution in [1.29, 1.82) is 0 Å². The number of halogens is 1. The third-order valence-electron chi connectivity index (χ3n) is 3.57. The molecule has 2 aromatic rings. The Bertz CT molecular complexity index is 1040. The number of rotatable bonds is 6. The number of anilines is 1. The van der Waals surface area contributed by atoms with E-state index >= 15 is 0 Å². The van der Waals surface area contributed by atoms with Crippen LogP contribution in [0.3, 0.4) is 0 Å². The van der Waals surface area contributed by atoms with Crippen LogP contribution in [0.4, 0.5) is 10.5 Å². The molecular weight excluding hydrogens is 422 g/mol. The molecule has 9 nitrogen and oxygen atoms in total. The predicted molar refractivity (Wildman–Crippen MR) is 106 cm³/mol. The van der Waals surface area contributed by atoms with E-state index in [-0.39, 0.29) is 16.1 Å². The van der Waals surface area contributed by atoms with Gasteiger partial charge in [0.15, 0.2) is 6.10 Å². The Morgan fingerprint density at radius 2 is 1.76 bits per heavy atom. The molecule has 1 unspecified atom stereocenters. The zero-order valence-electron chi connectivity index (χ0n) is 15.4. The van der Waals surface area contributed by atoms with Gasteiger partial charge in [0.25, 0.3) is 15.9 Å². The molecule has 0 heterocycles. The molecule has 0 spiro atoms. The zero-order valence-corrected chi connectivity index (χ0v) is 17.0. The van der Waals surface area contributed by atoms with Crippen LogP contribution in [0.15, 0.2) is 53.4 Å². The minimum atomic E-state index is -4.00. The molecule has 2 aromatic carbocycles. The van der Waals surface area contributed by atoms with Crippen molar-refractivity contribution in [2.24, 2.45) is 0 Å². The highest BCUT2D eigenvalue weighted by molar-refractivity contribution is 7.92. The molecule has 0 aromatic heterocycles. The smallest absolute Gasteiger partial charge is 0.338 e.